The second kappa shape index (κ2) is 5.73. The van der Waals surface area contributed by atoms with Crippen molar-refractivity contribution in [2.45, 2.75) is 0 Å². The van der Waals surface area contributed by atoms with Crippen molar-refractivity contribution in [2.75, 3.05) is 0 Å². The van der Waals surface area contributed by atoms with E-state index in [0.717, 1.165) is 22.5 Å². The zero-order valence-corrected chi connectivity index (χ0v) is 10.1. The third-order valence-corrected chi connectivity index (χ3v) is 2.39. The average Bonchev–Trinajstić information content (AvgIpc) is 2.44. The van der Waals surface area contributed by atoms with Crippen molar-refractivity contribution in [1.82, 2.24) is 4.98 Å². The van der Waals surface area contributed by atoms with Gasteiger partial charge in [-0.2, -0.15) is 0 Å². The molecule has 4 nitrogen and oxygen atoms in total. The number of esters is 2. The number of ether oxygens (including phenoxy) is 1. The Labute approximate surface area is 110 Å². The number of para-hydroxylation sites is 1. The molecule has 0 aliphatic rings. The summed E-state index contributed by atoms with van der Waals surface area (Å²) in [5, 5.41) is 0.972. The number of rotatable bonds is 3. The maximum absolute atomic E-state index is 11.3. The van der Waals surface area contributed by atoms with E-state index in [1.165, 1.54) is 12.2 Å². The van der Waals surface area contributed by atoms with E-state index in [1.807, 2.05) is 30.3 Å². The Morgan fingerprint density at radius 1 is 1.21 bits per heavy atom. The van der Waals surface area contributed by atoms with Crippen LogP contribution in [0.2, 0.25) is 0 Å². The minimum absolute atomic E-state index is 0.738. The molecule has 2 aromatic rings. The van der Waals surface area contributed by atoms with Crippen LogP contribution >= 0.6 is 0 Å². The Morgan fingerprint density at radius 3 is 2.79 bits per heavy atom. The van der Waals surface area contributed by atoms with Crippen LogP contribution in [0.3, 0.4) is 0 Å². The van der Waals surface area contributed by atoms with E-state index in [-0.39, 0.29) is 0 Å². The minimum Gasteiger partial charge on any atom is -0.387 e. The van der Waals surface area contributed by atoms with E-state index in [0.29, 0.717) is 0 Å². The predicted octanol–water partition coefficient (Wildman–Crippen LogP) is 2.50. The van der Waals surface area contributed by atoms with Gasteiger partial charge >= 0.3 is 11.9 Å². The summed E-state index contributed by atoms with van der Waals surface area (Å²) in [6.07, 6.45) is 5.29. The fourth-order valence-corrected chi connectivity index (χ4v) is 1.52. The molecule has 0 N–H and O–H groups in total. The molecular formula is C15H11NO3. The van der Waals surface area contributed by atoms with Gasteiger partial charge in [-0.1, -0.05) is 24.8 Å². The van der Waals surface area contributed by atoms with E-state index in [9.17, 15) is 9.59 Å². The number of nitrogens with zero attached hydrogens (tertiary/aromatic N) is 1. The molecule has 0 saturated carbocycles. The number of pyridine rings is 1. The summed E-state index contributed by atoms with van der Waals surface area (Å²) in [4.78, 5) is 26.3. The van der Waals surface area contributed by atoms with Crippen molar-refractivity contribution in [2.24, 2.45) is 0 Å². The van der Waals surface area contributed by atoms with Gasteiger partial charge in [-0.25, -0.2) is 9.59 Å². The highest BCUT2D eigenvalue weighted by Gasteiger charge is 2.02. The molecule has 1 aromatic carbocycles. The molecule has 0 atom stereocenters. The molecular weight excluding hydrogens is 242 g/mol. The van der Waals surface area contributed by atoms with Gasteiger partial charge < -0.3 is 4.74 Å². The minimum atomic E-state index is -0.772. The summed E-state index contributed by atoms with van der Waals surface area (Å²) < 4.78 is 4.41. The molecule has 0 bridgehead atoms. The Balaban J connectivity index is 2.14. The Kier molecular flexibility index (Phi) is 3.83. The molecule has 1 heterocycles. The van der Waals surface area contributed by atoms with Crippen molar-refractivity contribution in [1.29, 1.82) is 0 Å². The first kappa shape index (κ1) is 12.7. The van der Waals surface area contributed by atoms with Crippen molar-refractivity contribution >= 4 is 28.9 Å². The van der Waals surface area contributed by atoms with Crippen molar-refractivity contribution in [3.05, 3.63) is 60.8 Å². The third kappa shape index (κ3) is 3.35. The quantitative estimate of drug-likeness (QED) is 0.479. The van der Waals surface area contributed by atoms with Crippen LogP contribution in [0.4, 0.5) is 0 Å². The zero-order valence-electron chi connectivity index (χ0n) is 10.1. The van der Waals surface area contributed by atoms with Crippen LogP contribution in [0, 0.1) is 0 Å². The lowest BCUT2D eigenvalue weighted by Crippen LogP contribution is -2.06. The standard InChI is InChI=1S/C15H11NO3/c1-2-14(17)19-15(18)8-7-11-9-12-5-3-4-6-13(12)16-10-11/h2-10H,1H2/b8-7+. The van der Waals surface area contributed by atoms with Gasteiger partial charge in [0.25, 0.3) is 0 Å². The molecule has 0 saturated heterocycles. The number of aromatic nitrogens is 1. The molecule has 0 radical (unpaired) electrons. The number of carbonyl (C=O) groups excluding carboxylic acids is 2. The van der Waals surface area contributed by atoms with E-state index in [4.69, 9.17) is 0 Å². The number of carbonyl (C=O) groups is 2. The molecule has 0 aliphatic carbocycles. The highest BCUT2D eigenvalue weighted by Crippen LogP contribution is 2.13. The summed E-state index contributed by atoms with van der Waals surface area (Å²) in [6.45, 7) is 3.21. The maximum Gasteiger partial charge on any atom is 0.338 e. The molecule has 2 rings (SSSR count). The van der Waals surface area contributed by atoms with Gasteiger partial charge in [0.15, 0.2) is 0 Å². The van der Waals surface area contributed by atoms with Gasteiger partial charge in [0.1, 0.15) is 0 Å². The van der Waals surface area contributed by atoms with E-state index >= 15 is 0 Å². The second-order valence-electron chi connectivity index (χ2n) is 3.74. The normalized spacial score (nSPS) is 10.5. The van der Waals surface area contributed by atoms with E-state index in [1.54, 1.807) is 6.20 Å². The van der Waals surface area contributed by atoms with Crippen molar-refractivity contribution in [3.8, 4) is 0 Å². The van der Waals surface area contributed by atoms with E-state index < -0.39 is 11.9 Å². The summed E-state index contributed by atoms with van der Waals surface area (Å²) >= 11 is 0. The molecule has 0 aliphatic heterocycles. The van der Waals surface area contributed by atoms with Gasteiger partial charge in [0, 0.05) is 23.7 Å². The first-order valence-electron chi connectivity index (χ1n) is 5.60. The lowest BCUT2D eigenvalue weighted by molar-refractivity contribution is -0.152. The Bertz CT molecular complexity index is 674. The smallest absolute Gasteiger partial charge is 0.338 e. The SMILES string of the molecule is C=CC(=O)OC(=O)/C=C/c1cnc2ccccc2c1. The summed E-state index contributed by atoms with van der Waals surface area (Å²) in [7, 11) is 0. The van der Waals surface area contributed by atoms with Gasteiger partial charge in [-0.05, 0) is 23.8 Å². The Morgan fingerprint density at radius 2 is 2.00 bits per heavy atom. The number of hydrogen-bond donors (Lipinski definition) is 0. The van der Waals surface area contributed by atoms with Crippen LogP contribution < -0.4 is 0 Å². The number of hydrogen-bond acceptors (Lipinski definition) is 4. The largest absolute Gasteiger partial charge is 0.387 e. The highest BCUT2D eigenvalue weighted by molar-refractivity contribution is 5.98. The molecule has 0 unspecified atom stereocenters. The molecule has 1 aromatic heterocycles. The monoisotopic (exact) mass is 253 g/mol. The highest BCUT2D eigenvalue weighted by atomic mass is 16.6. The molecule has 0 fully saturated rings. The summed E-state index contributed by atoms with van der Waals surface area (Å²) in [5.41, 5.74) is 1.63. The molecule has 19 heavy (non-hydrogen) atoms. The van der Waals surface area contributed by atoms with Crippen molar-refractivity contribution < 1.29 is 14.3 Å². The van der Waals surface area contributed by atoms with Crippen LogP contribution in [0.5, 0.6) is 0 Å². The first-order valence-corrected chi connectivity index (χ1v) is 5.60. The lowest BCUT2D eigenvalue weighted by atomic mass is 10.1. The third-order valence-electron chi connectivity index (χ3n) is 2.39. The summed E-state index contributed by atoms with van der Waals surface area (Å²) in [6, 6.07) is 9.54. The maximum atomic E-state index is 11.3. The average molecular weight is 253 g/mol. The van der Waals surface area contributed by atoms with Gasteiger partial charge in [-0.15, -0.1) is 0 Å². The molecule has 94 valence electrons. The van der Waals surface area contributed by atoms with Crippen LogP contribution in [-0.4, -0.2) is 16.9 Å². The van der Waals surface area contributed by atoms with Crippen molar-refractivity contribution in [3.63, 3.8) is 0 Å². The first-order chi connectivity index (χ1) is 9.19. The van der Waals surface area contributed by atoms with Gasteiger partial charge in [0.05, 0.1) is 5.52 Å². The topological polar surface area (TPSA) is 56.3 Å². The van der Waals surface area contributed by atoms with E-state index in [2.05, 4.69) is 16.3 Å². The number of fused-ring (bicyclic) bond motifs is 1. The fraction of sp³-hybridized carbons (Fsp3) is 0. The van der Waals surface area contributed by atoms with Crippen LogP contribution in [-0.2, 0) is 14.3 Å². The second-order valence-corrected chi connectivity index (χ2v) is 3.74. The molecule has 0 amide bonds. The van der Waals surface area contributed by atoms with Crippen LogP contribution in [0.25, 0.3) is 17.0 Å². The fourth-order valence-electron chi connectivity index (χ4n) is 1.52. The van der Waals surface area contributed by atoms with Gasteiger partial charge in [0.2, 0.25) is 0 Å². The van der Waals surface area contributed by atoms with Crippen LogP contribution in [0.1, 0.15) is 5.56 Å². The zero-order chi connectivity index (χ0) is 13.7. The van der Waals surface area contributed by atoms with Crippen LogP contribution in [0.15, 0.2) is 55.3 Å². The predicted molar refractivity (Wildman–Crippen MR) is 72.1 cm³/mol. The molecule has 0 spiro atoms. The number of benzene rings is 1. The van der Waals surface area contributed by atoms with Gasteiger partial charge in [-0.3, -0.25) is 4.98 Å². The summed E-state index contributed by atoms with van der Waals surface area (Å²) in [5.74, 6) is -1.51. The Hall–Kier alpha value is -2.75. The molecule has 4 heteroatoms. The lowest BCUT2D eigenvalue weighted by Gasteiger charge is -1.98.